The predicted octanol–water partition coefficient (Wildman–Crippen LogP) is 3.12. The molecular formula is C28H30F6N4O4. The number of nitrogens with zero attached hydrogens (tertiary/aromatic N) is 1. The molecule has 0 amide bonds. The lowest BCUT2D eigenvalue weighted by molar-refractivity contribution is -0.793. The predicted molar refractivity (Wildman–Crippen MR) is 140 cm³/mol. The fourth-order valence-corrected chi connectivity index (χ4v) is 5.35. The maximum absolute atomic E-state index is 14.5. The Morgan fingerprint density at radius 3 is 2.33 bits per heavy atom. The average Bonchev–Trinajstić information content (AvgIpc) is 2.97. The minimum absolute atomic E-state index is 0.0775. The molecule has 2 aromatic carbocycles. The first-order valence-corrected chi connectivity index (χ1v) is 13.3. The van der Waals surface area contributed by atoms with Crippen molar-refractivity contribution in [2.45, 2.75) is 31.0 Å². The van der Waals surface area contributed by atoms with Gasteiger partial charge in [0.1, 0.15) is 17.5 Å². The van der Waals surface area contributed by atoms with Gasteiger partial charge in [-0.15, -0.1) is 0 Å². The van der Waals surface area contributed by atoms with Crippen LogP contribution in [0.1, 0.15) is 22.3 Å². The molecule has 14 heteroatoms. The molecule has 42 heavy (non-hydrogen) atoms. The van der Waals surface area contributed by atoms with Crippen LogP contribution in [0, 0.1) is 5.21 Å². The minimum Gasteiger partial charge on any atom is -0.628 e. The Hall–Kier alpha value is -3.30. The molecule has 1 saturated heterocycles. The van der Waals surface area contributed by atoms with Gasteiger partial charge in [0, 0.05) is 32.1 Å². The van der Waals surface area contributed by atoms with Crippen LogP contribution in [-0.4, -0.2) is 63.8 Å². The van der Waals surface area contributed by atoms with Crippen molar-refractivity contribution in [2.75, 3.05) is 46.6 Å². The molecule has 0 aromatic heterocycles. The quantitative estimate of drug-likeness (QED) is 0.360. The van der Waals surface area contributed by atoms with Crippen molar-refractivity contribution in [2.24, 2.45) is 0 Å². The monoisotopic (exact) mass is 600 g/mol. The summed E-state index contributed by atoms with van der Waals surface area (Å²) >= 11 is 0. The third-order valence-electron chi connectivity index (χ3n) is 7.42. The Labute approximate surface area is 238 Å². The molecule has 1 fully saturated rings. The zero-order chi connectivity index (χ0) is 30.1. The van der Waals surface area contributed by atoms with Crippen molar-refractivity contribution in [1.82, 2.24) is 15.5 Å². The summed E-state index contributed by atoms with van der Waals surface area (Å²) in [5.74, 6) is 0.645. The average molecular weight is 601 g/mol. The standard InChI is InChI=1S/C28H30F6N4O4/c1-40-24-5-3-2-4-20(24)23-14-25(37-6-8-41-9-7-37)42-26-21(15-35-16-36-26)22(38(23)39)12-17-10-18(27(29,30)31)13-19(11-17)28(32,33)34/h2-5,10-11,13-14,22,25,35-36,38H,6-9,12,15-16H2,1H3/b23-14-. The lowest BCUT2D eigenvalue weighted by atomic mass is 9.93. The highest BCUT2D eigenvalue weighted by molar-refractivity contribution is 5.65. The van der Waals surface area contributed by atoms with E-state index < -0.39 is 47.2 Å². The van der Waals surface area contributed by atoms with Gasteiger partial charge in [0.2, 0.25) is 0 Å². The number of ether oxygens (including phenoxy) is 3. The van der Waals surface area contributed by atoms with Crippen LogP contribution in [0.2, 0.25) is 0 Å². The number of hydrogen-bond donors (Lipinski definition) is 3. The third kappa shape index (κ3) is 6.52. The van der Waals surface area contributed by atoms with E-state index in [9.17, 15) is 31.5 Å². The van der Waals surface area contributed by atoms with Crippen molar-refractivity contribution in [3.8, 4) is 5.75 Å². The fraction of sp³-hybridized carbons (Fsp3) is 0.429. The third-order valence-corrected chi connectivity index (χ3v) is 7.42. The van der Waals surface area contributed by atoms with Crippen LogP contribution in [0.3, 0.4) is 0 Å². The highest BCUT2D eigenvalue weighted by atomic mass is 19.4. The molecule has 3 atom stereocenters. The zero-order valence-electron chi connectivity index (χ0n) is 22.6. The number of alkyl halides is 6. The first-order chi connectivity index (χ1) is 20.0. The molecule has 3 unspecified atom stereocenters. The van der Waals surface area contributed by atoms with Gasteiger partial charge in [-0.1, -0.05) is 12.1 Å². The Morgan fingerprint density at radius 2 is 1.69 bits per heavy atom. The number of hydroxylamine groups is 2. The van der Waals surface area contributed by atoms with Gasteiger partial charge in [-0.3, -0.25) is 10.2 Å². The van der Waals surface area contributed by atoms with Gasteiger partial charge >= 0.3 is 12.4 Å². The van der Waals surface area contributed by atoms with Gasteiger partial charge in [-0.2, -0.15) is 26.3 Å². The number of morpholine rings is 1. The summed E-state index contributed by atoms with van der Waals surface area (Å²) in [4.78, 5) is 1.99. The van der Waals surface area contributed by atoms with Crippen molar-refractivity contribution in [3.05, 3.63) is 87.5 Å². The molecule has 3 N–H and O–H groups in total. The van der Waals surface area contributed by atoms with Gasteiger partial charge in [0.15, 0.2) is 12.1 Å². The molecule has 8 nitrogen and oxygen atoms in total. The van der Waals surface area contributed by atoms with Gasteiger partial charge in [0.05, 0.1) is 49.3 Å². The summed E-state index contributed by atoms with van der Waals surface area (Å²) in [6.07, 6.45) is -9.53. The molecule has 2 aromatic rings. The lowest BCUT2D eigenvalue weighted by Gasteiger charge is -2.42. The maximum Gasteiger partial charge on any atom is 0.416 e. The highest BCUT2D eigenvalue weighted by Gasteiger charge is 2.40. The lowest BCUT2D eigenvalue weighted by Crippen LogP contribution is -3.09. The molecule has 0 spiro atoms. The summed E-state index contributed by atoms with van der Waals surface area (Å²) in [5, 5.41) is 20.1. The number of hydrogen-bond acceptors (Lipinski definition) is 7. The first-order valence-electron chi connectivity index (χ1n) is 13.3. The van der Waals surface area contributed by atoms with Crippen molar-refractivity contribution >= 4 is 5.70 Å². The number of benzene rings is 2. The molecule has 3 aliphatic heterocycles. The second kappa shape index (κ2) is 12.1. The van der Waals surface area contributed by atoms with Gasteiger partial charge in [-0.25, -0.2) is 0 Å². The Morgan fingerprint density at radius 1 is 1.02 bits per heavy atom. The Kier molecular flexibility index (Phi) is 8.71. The fourth-order valence-electron chi connectivity index (χ4n) is 5.35. The first kappa shape index (κ1) is 30.2. The summed E-state index contributed by atoms with van der Waals surface area (Å²) in [6.45, 7) is 2.37. The van der Waals surface area contributed by atoms with E-state index in [1.54, 1.807) is 30.3 Å². The van der Waals surface area contributed by atoms with E-state index in [-0.39, 0.29) is 29.8 Å². The summed E-state index contributed by atoms with van der Waals surface area (Å²) in [7, 11) is 1.44. The number of rotatable bonds is 5. The minimum atomic E-state index is -5.02. The molecule has 0 aliphatic carbocycles. The van der Waals surface area contributed by atoms with E-state index in [1.807, 2.05) is 4.90 Å². The molecule has 228 valence electrons. The normalized spacial score (nSPS) is 25.3. The molecule has 0 saturated carbocycles. The number of nitrogens with one attached hydrogen (secondary N) is 3. The second-order valence-corrected chi connectivity index (χ2v) is 10.1. The van der Waals surface area contributed by atoms with Gasteiger partial charge < -0.3 is 29.8 Å². The largest absolute Gasteiger partial charge is 0.628 e. The number of methoxy groups -OCH3 is 1. The molecular weight excluding hydrogens is 570 g/mol. The molecule has 5 rings (SSSR count). The molecule has 3 heterocycles. The maximum atomic E-state index is 14.5. The van der Waals surface area contributed by atoms with Crippen LogP contribution in [0.5, 0.6) is 5.75 Å². The van der Waals surface area contributed by atoms with Crippen LogP contribution in [0.4, 0.5) is 26.3 Å². The van der Waals surface area contributed by atoms with Crippen LogP contribution in [0.25, 0.3) is 5.70 Å². The van der Waals surface area contributed by atoms with E-state index >= 15 is 0 Å². The summed E-state index contributed by atoms with van der Waals surface area (Å²) in [6, 6.07) is 7.03. The van der Waals surface area contributed by atoms with Crippen molar-refractivity contribution in [3.63, 3.8) is 0 Å². The zero-order valence-corrected chi connectivity index (χ0v) is 22.6. The second-order valence-electron chi connectivity index (χ2n) is 10.1. The summed E-state index contributed by atoms with van der Waals surface area (Å²) < 4.78 is 99.3. The number of quaternary nitrogens is 1. The topological polar surface area (TPSA) is 82.5 Å². The van der Waals surface area contributed by atoms with Crippen LogP contribution in [0.15, 0.2) is 60.0 Å². The molecule has 3 aliphatic rings. The van der Waals surface area contributed by atoms with E-state index in [1.165, 1.54) is 7.11 Å². The molecule has 0 radical (unpaired) electrons. The SMILES string of the molecule is COc1ccccc1/C1=C/C(N2CCOCC2)OC2=C(CNCN2)C(Cc2cc(C(F)(F)F)cc(C(F)(F)F)c2)[NH+]1[O-]. The van der Waals surface area contributed by atoms with Crippen molar-refractivity contribution < 1.29 is 45.6 Å². The van der Waals surface area contributed by atoms with Gasteiger partial charge in [0.25, 0.3) is 0 Å². The smallest absolute Gasteiger partial charge is 0.416 e. The van der Waals surface area contributed by atoms with Crippen LogP contribution in [-0.2, 0) is 28.2 Å². The highest BCUT2D eigenvalue weighted by Crippen LogP contribution is 2.37. The number of para-hydroxylation sites is 1. The van der Waals surface area contributed by atoms with Crippen LogP contribution < -0.4 is 20.4 Å². The molecule has 0 bridgehead atoms. The number of halogens is 6. The van der Waals surface area contributed by atoms with E-state index in [0.29, 0.717) is 62.0 Å². The Balaban J connectivity index is 1.64. The van der Waals surface area contributed by atoms with E-state index in [0.717, 1.165) is 0 Å². The van der Waals surface area contributed by atoms with E-state index in [2.05, 4.69) is 10.6 Å². The van der Waals surface area contributed by atoms with Gasteiger partial charge in [-0.05, 0) is 35.9 Å². The van der Waals surface area contributed by atoms with Crippen LogP contribution >= 0.6 is 0 Å². The van der Waals surface area contributed by atoms with E-state index in [4.69, 9.17) is 14.2 Å². The Bertz CT molecular complexity index is 1310. The summed E-state index contributed by atoms with van der Waals surface area (Å²) in [5.41, 5.74) is -2.15. The van der Waals surface area contributed by atoms with Crippen molar-refractivity contribution in [1.29, 1.82) is 0 Å².